The van der Waals surface area contributed by atoms with E-state index < -0.39 is 20.4 Å². The predicted octanol–water partition coefficient (Wildman–Crippen LogP) is 3.39. The Balaban J connectivity index is 4.40. The van der Waals surface area contributed by atoms with E-state index in [1.807, 2.05) is 0 Å². The molecule has 0 rings (SSSR count). The van der Waals surface area contributed by atoms with Crippen LogP contribution in [0.2, 0.25) is 0 Å². The molecule has 0 aliphatic carbocycles. The number of rotatable bonds is 1. The lowest BCUT2D eigenvalue weighted by molar-refractivity contribution is -0.243. The maximum atomic E-state index is 11.2. The second-order valence-corrected chi connectivity index (χ2v) is 2.30. The minimum Gasteiger partial charge on any atom is -0.185 e. The van der Waals surface area contributed by atoms with Gasteiger partial charge >= 0.3 is 20.4 Å². The van der Waals surface area contributed by atoms with Crippen LogP contribution in [0, 0.1) is 0 Å². The second kappa shape index (κ2) is 2.53. The molecular formula is C2F7P. The predicted molar refractivity (Wildman–Crippen MR) is 20.1 cm³/mol. The molecule has 0 atom stereocenters. The van der Waals surface area contributed by atoms with E-state index in [0.29, 0.717) is 0 Å². The molecular weight excluding hydrogens is 188 g/mol. The molecule has 0 spiro atoms. The van der Waals surface area contributed by atoms with E-state index in [1.54, 1.807) is 0 Å². The highest BCUT2D eigenvalue weighted by molar-refractivity contribution is 7.47. The standard InChI is InChI=1S/C2F7P/c3-1(4,5)2(6,7)10(8)9. The summed E-state index contributed by atoms with van der Waals surface area (Å²) in [5.41, 5.74) is -5.83. The quantitative estimate of drug-likeness (QED) is 0.437. The van der Waals surface area contributed by atoms with Gasteiger partial charge in [0.25, 0.3) is 0 Å². The first kappa shape index (κ1) is 9.94. The smallest absolute Gasteiger partial charge is 0.185 e. The maximum Gasteiger partial charge on any atom is 0.463 e. The van der Waals surface area contributed by atoms with Crippen LogP contribution in [0.3, 0.4) is 0 Å². The summed E-state index contributed by atoms with van der Waals surface area (Å²) in [6, 6.07) is 0. The second-order valence-electron chi connectivity index (χ2n) is 1.27. The van der Waals surface area contributed by atoms with Crippen molar-refractivity contribution in [1.82, 2.24) is 0 Å². The van der Waals surface area contributed by atoms with Crippen LogP contribution in [0.1, 0.15) is 0 Å². The van der Waals surface area contributed by atoms with Crippen LogP contribution in [0.5, 0.6) is 0 Å². The molecule has 0 bridgehead atoms. The average Bonchev–Trinajstić information content (AvgIpc) is 1.62. The van der Waals surface area contributed by atoms with Gasteiger partial charge in [-0.25, -0.2) is 0 Å². The SMILES string of the molecule is FP(F)C(F)(F)C(F)(F)F. The Morgan fingerprint density at radius 1 is 0.800 bits per heavy atom. The van der Waals surface area contributed by atoms with Crippen LogP contribution < -0.4 is 0 Å². The lowest BCUT2D eigenvalue weighted by atomic mass is 10.7. The Morgan fingerprint density at radius 2 is 1.10 bits per heavy atom. The lowest BCUT2D eigenvalue weighted by Gasteiger charge is -2.16. The summed E-state index contributed by atoms with van der Waals surface area (Å²) < 4.78 is 76.8. The van der Waals surface area contributed by atoms with Crippen LogP contribution in [0.25, 0.3) is 0 Å². The zero-order valence-corrected chi connectivity index (χ0v) is 4.99. The van der Waals surface area contributed by atoms with Crippen molar-refractivity contribution in [2.24, 2.45) is 0 Å². The number of hydrogen-bond donors (Lipinski definition) is 0. The van der Waals surface area contributed by atoms with Gasteiger partial charge in [-0.2, -0.15) is 30.3 Å². The third kappa shape index (κ3) is 1.71. The van der Waals surface area contributed by atoms with Crippen molar-refractivity contribution in [2.45, 2.75) is 11.8 Å². The Morgan fingerprint density at radius 3 is 1.10 bits per heavy atom. The number of hydrogen-bond acceptors (Lipinski definition) is 0. The fourth-order valence-corrected chi connectivity index (χ4v) is 0.287. The molecule has 0 unspecified atom stereocenters. The largest absolute Gasteiger partial charge is 0.463 e. The van der Waals surface area contributed by atoms with E-state index in [4.69, 9.17) is 0 Å². The molecule has 0 amide bonds. The van der Waals surface area contributed by atoms with Gasteiger partial charge in [0.05, 0.1) is 0 Å². The molecule has 0 aromatic carbocycles. The van der Waals surface area contributed by atoms with Gasteiger partial charge in [-0.05, 0) is 0 Å². The van der Waals surface area contributed by atoms with Crippen LogP contribution in [0.15, 0.2) is 0 Å². The topological polar surface area (TPSA) is 0 Å². The highest BCUT2D eigenvalue weighted by Crippen LogP contribution is 2.61. The fourth-order valence-electron chi connectivity index (χ4n) is 0.0958. The van der Waals surface area contributed by atoms with Crippen LogP contribution in [0.4, 0.5) is 30.3 Å². The zero-order chi connectivity index (χ0) is 8.58. The monoisotopic (exact) mass is 188 g/mol. The Hall–Kier alpha value is -0.0600. The Labute approximate surface area is 52.0 Å². The molecule has 0 heterocycles. The van der Waals surface area contributed by atoms with E-state index >= 15 is 0 Å². The molecule has 0 nitrogen and oxygen atoms in total. The van der Waals surface area contributed by atoms with Crippen LogP contribution in [-0.4, -0.2) is 11.8 Å². The first-order valence-corrected chi connectivity index (χ1v) is 2.88. The van der Waals surface area contributed by atoms with Crippen LogP contribution in [-0.2, 0) is 0 Å². The van der Waals surface area contributed by atoms with Crippen molar-refractivity contribution < 1.29 is 30.3 Å². The lowest BCUT2D eigenvalue weighted by Crippen LogP contribution is -2.32. The molecule has 0 saturated carbocycles. The molecule has 10 heavy (non-hydrogen) atoms. The summed E-state index contributed by atoms with van der Waals surface area (Å²) in [6.07, 6.45) is -6.14. The summed E-state index contributed by atoms with van der Waals surface area (Å²) in [6.45, 7) is 0. The first-order valence-electron chi connectivity index (χ1n) is 1.76. The third-order valence-corrected chi connectivity index (χ3v) is 1.23. The van der Waals surface area contributed by atoms with Gasteiger partial charge in [-0.3, -0.25) is 0 Å². The van der Waals surface area contributed by atoms with Crippen molar-refractivity contribution in [3.63, 3.8) is 0 Å². The summed E-state index contributed by atoms with van der Waals surface area (Å²) >= 11 is 0. The molecule has 8 heteroatoms. The molecule has 0 aliphatic rings. The van der Waals surface area contributed by atoms with E-state index in [1.165, 1.54) is 0 Å². The molecule has 0 N–H and O–H groups in total. The van der Waals surface area contributed by atoms with Gasteiger partial charge in [-0.15, -0.1) is 0 Å². The van der Waals surface area contributed by atoms with E-state index in [0.717, 1.165) is 0 Å². The van der Waals surface area contributed by atoms with Crippen molar-refractivity contribution in [1.29, 1.82) is 0 Å². The molecule has 62 valence electrons. The normalized spacial score (nSPS) is 14.4. The molecule has 0 saturated heterocycles. The molecule has 0 fully saturated rings. The minimum absolute atomic E-state index is 5.29. The summed E-state index contributed by atoms with van der Waals surface area (Å²) in [4.78, 5) is 0. The third-order valence-electron chi connectivity index (χ3n) is 0.553. The summed E-state index contributed by atoms with van der Waals surface area (Å²) in [5, 5.41) is 0. The molecule has 0 radical (unpaired) electrons. The summed E-state index contributed by atoms with van der Waals surface area (Å²) in [7, 11) is -5.29. The maximum absolute atomic E-state index is 11.2. The summed E-state index contributed by atoms with van der Waals surface area (Å²) in [5.74, 6) is 0. The van der Waals surface area contributed by atoms with Crippen molar-refractivity contribution in [3.05, 3.63) is 0 Å². The van der Waals surface area contributed by atoms with Crippen molar-refractivity contribution >= 4 is 8.54 Å². The van der Waals surface area contributed by atoms with Gasteiger partial charge in [0, 0.05) is 0 Å². The van der Waals surface area contributed by atoms with Gasteiger partial charge < -0.3 is 0 Å². The molecule has 0 aromatic heterocycles. The van der Waals surface area contributed by atoms with E-state index in [-0.39, 0.29) is 0 Å². The average molecular weight is 188 g/mol. The zero-order valence-electron chi connectivity index (χ0n) is 4.09. The number of halogens is 7. The fraction of sp³-hybridized carbons (Fsp3) is 1.00. The Kier molecular flexibility index (Phi) is 2.51. The molecule has 0 aromatic rings. The van der Waals surface area contributed by atoms with E-state index in [9.17, 15) is 30.3 Å². The van der Waals surface area contributed by atoms with Crippen molar-refractivity contribution in [2.75, 3.05) is 0 Å². The first-order chi connectivity index (χ1) is 4.19. The van der Waals surface area contributed by atoms with Crippen LogP contribution >= 0.6 is 8.54 Å². The van der Waals surface area contributed by atoms with Gasteiger partial charge in [0.15, 0.2) is 0 Å². The Bertz CT molecular complexity index is 113. The van der Waals surface area contributed by atoms with Gasteiger partial charge in [0.1, 0.15) is 0 Å². The van der Waals surface area contributed by atoms with Gasteiger partial charge in [0.2, 0.25) is 0 Å². The van der Waals surface area contributed by atoms with E-state index in [2.05, 4.69) is 0 Å². The minimum atomic E-state index is -6.14. The van der Waals surface area contributed by atoms with Crippen molar-refractivity contribution in [3.8, 4) is 0 Å². The number of alkyl halides is 5. The van der Waals surface area contributed by atoms with Gasteiger partial charge in [-0.1, -0.05) is 0 Å². The highest BCUT2D eigenvalue weighted by Gasteiger charge is 2.65. The molecule has 0 aliphatic heterocycles. The highest BCUT2D eigenvalue weighted by atomic mass is 31.2.